The number of esters is 1. The summed E-state index contributed by atoms with van der Waals surface area (Å²) in [5, 5.41) is 4.09. The van der Waals surface area contributed by atoms with E-state index in [1.54, 1.807) is 24.1 Å². The molecule has 8 nitrogen and oxygen atoms in total. The van der Waals surface area contributed by atoms with Crippen LogP contribution in [0.4, 0.5) is 0 Å². The maximum atomic E-state index is 12.4. The van der Waals surface area contributed by atoms with Crippen molar-refractivity contribution >= 4 is 17.7 Å². The molecule has 0 unspecified atom stereocenters. The van der Waals surface area contributed by atoms with E-state index in [-0.39, 0.29) is 11.7 Å². The number of ether oxygens (including phenoxy) is 1. The first kappa shape index (κ1) is 16.4. The van der Waals surface area contributed by atoms with Gasteiger partial charge in [0, 0.05) is 25.0 Å². The van der Waals surface area contributed by atoms with Crippen molar-refractivity contribution in [2.75, 3.05) is 13.1 Å². The summed E-state index contributed by atoms with van der Waals surface area (Å²) in [4.78, 5) is 34.5. The Labute approximate surface area is 139 Å². The molecular weight excluding hydrogens is 310 g/mol. The van der Waals surface area contributed by atoms with Crippen LogP contribution in [-0.4, -0.2) is 55.6 Å². The zero-order valence-electron chi connectivity index (χ0n) is 14.1. The topological polar surface area (TPSA) is 89.7 Å². The maximum absolute atomic E-state index is 12.4. The van der Waals surface area contributed by atoms with E-state index in [1.807, 2.05) is 6.92 Å². The van der Waals surface area contributed by atoms with E-state index in [9.17, 15) is 9.59 Å². The number of hydrogen-bond donors (Lipinski definition) is 0. The highest BCUT2D eigenvalue weighted by Crippen LogP contribution is 2.17. The number of fused-ring (bicyclic) bond motifs is 1. The third-order valence-electron chi connectivity index (χ3n) is 4.34. The van der Waals surface area contributed by atoms with Crippen LogP contribution < -0.4 is 0 Å². The van der Waals surface area contributed by atoms with Crippen molar-refractivity contribution in [1.82, 2.24) is 24.5 Å². The third kappa shape index (κ3) is 3.22. The Morgan fingerprint density at radius 3 is 2.71 bits per heavy atom. The SMILES string of the molecule is Cc1ccnc2nc(C(=O)O[C@H](C)C(=O)N3CCC(C)CC3)nn12. The number of carbonyl (C=O) groups excluding carboxylic acids is 2. The largest absolute Gasteiger partial charge is 0.447 e. The number of hydrogen-bond acceptors (Lipinski definition) is 6. The average molecular weight is 331 g/mol. The van der Waals surface area contributed by atoms with Gasteiger partial charge in [0.15, 0.2) is 6.10 Å². The molecule has 0 bridgehead atoms. The molecule has 1 saturated heterocycles. The lowest BCUT2D eigenvalue weighted by Crippen LogP contribution is -2.44. The summed E-state index contributed by atoms with van der Waals surface area (Å²) < 4.78 is 6.72. The molecule has 3 heterocycles. The quantitative estimate of drug-likeness (QED) is 0.786. The predicted octanol–water partition coefficient (Wildman–Crippen LogP) is 1.24. The second-order valence-corrected chi connectivity index (χ2v) is 6.29. The second-order valence-electron chi connectivity index (χ2n) is 6.29. The van der Waals surface area contributed by atoms with Crippen molar-refractivity contribution in [1.29, 1.82) is 0 Å². The Morgan fingerprint density at radius 1 is 1.33 bits per heavy atom. The second kappa shape index (κ2) is 6.54. The van der Waals surface area contributed by atoms with Gasteiger partial charge in [-0.1, -0.05) is 6.92 Å². The van der Waals surface area contributed by atoms with E-state index in [2.05, 4.69) is 22.0 Å². The highest BCUT2D eigenvalue weighted by molar-refractivity contribution is 5.89. The van der Waals surface area contributed by atoms with E-state index in [0.29, 0.717) is 24.8 Å². The number of piperidine rings is 1. The number of aryl methyl sites for hydroxylation is 1. The molecule has 8 heteroatoms. The Balaban J connectivity index is 1.66. The van der Waals surface area contributed by atoms with Crippen LogP contribution in [-0.2, 0) is 9.53 Å². The van der Waals surface area contributed by atoms with Gasteiger partial charge in [0.2, 0.25) is 0 Å². The smallest absolute Gasteiger partial charge is 0.379 e. The zero-order valence-corrected chi connectivity index (χ0v) is 14.1. The molecule has 1 atom stereocenters. The molecule has 2 aromatic rings. The first-order valence-corrected chi connectivity index (χ1v) is 8.14. The highest BCUT2D eigenvalue weighted by atomic mass is 16.5. The lowest BCUT2D eigenvalue weighted by Gasteiger charge is -2.31. The Kier molecular flexibility index (Phi) is 4.46. The summed E-state index contributed by atoms with van der Waals surface area (Å²) in [5.74, 6) is -0.0288. The van der Waals surface area contributed by atoms with Crippen LogP contribution in [0.5, 0.6) is 0 Å². The molecule has 0 aromatic carbocycles. The van der Waals surface area contributed by atoms with Crippen LogP contribution in [0.1, 0.15) is 43.0 Å². The van der Waals surface area contributed by atoms with Gasteiger partial charge >= 0.3 is 5.97 Å². The Bertz CT molecular complexity index is 764. The fraction of sp³-hybridized carbons (Fsp3) is 0.562. The van der Waals surface area contributed by atoms with E-state index in [1.165, 1.54) is 4.52 Å². The van der Waals surface area contributed by atoms with Gasteiger partial charge in [-0.05, 0) is 38.7 Å². The van der Waals surface area contributed by atoms with Crippen molar-refractivity contribution in [2.24, 2.45) is 5.92 Å². The molecule has 1 aliphatic heterocycles. The summed E-state index contributed by atoms with van der Waals surface area (Å²) in [7, 11) is 0. The van der Waals surface area contributed by atoms with E-state index < -0.39 is 12.1 Å². The summed E-state index contributed by atoms with van der Waals surface area (Å²) in [5.41, 5.74) is 0.804. The molecule has 0 spiro atoms. The molecule has 0 saturated carbocycles. The van der Waals surface area contributed by atoms with Crippen molar-refractivity contribution in [3.05, 3.63) is 23.8 Å². The van der Waals surface area contributed by atoms with E-state index in [4.69, 9.17) is 4.74 Å². The van der Waals surface area contributed by atoms with E-state index >= 15 is 0 Å². The molecule has 128 valence electrons. The molecular formula is C16H21N5O3. The summed E-state index contributed by atoms with van der Waals surface area (Å²) in [6.45, 7) is 7.01. The minimum atomic E-state index is -0.855. The van der Waals surface area contributed by atoms with Gasteiger partial charge < -0.3 is 9.64 Å². The van der Waals surface area contributed by atoms with Crippen LogP contribution in [0.15, 0.2) is 12.3 Å². The monoisotopic (exact) mass is 331 g/mol. The standard InChI is InChI=1S/C16H21N5O3/c1-10-5-8-20(9-6-10)14(22)12(3)24-15(23)13-18-16-17-7-4-11(2)21(16)19-13/h4,7,10,12H,5-6,8-9H2,1-3H3/t12-/m1/s1. The Hall–Kier alpha value is -2.51. The fourth-order valence-corrected chi connectivity index (χ4v) is 2.74. The third-order valence-corrected chi connectivity index (χ3v) is 4.34. The molecule has 1 aliphatic rings. The summed E-state index contributed by atoms with van der Waals surface area (Å²) >= 11 is 0. The van der Waals surface area contributed by atoms with Crippen LogP contribution in [0, 0.1) is 12.8 Å². The molecule has 1 fully saturated rings. The fourth-order valence-electron chi connectivity index (χ4n) is 2.74. The number of carbonyl (C=O) groups is 2. The highest BCUT2D eigenvalue weighted by Gasteiger charge is 2.28. The van der Waals surface area contributed by atoms with Gasteiger partial charge in [-0.2, -0.15) is 4.98 Å². The normalized spacial score (nSPS) is 17.0. The molecule has 3 rings (SSSR count). The molecule has 0 aliphatic carbocycles. The average Bonchev–Trinajstić information content (AvgIpc) is 3.00. The van der Waals surface area contributed by atoms with Gasteiger partial charge in [-0.15, -0.1) is 5.10 Å². The van der Waals surface area contributed by atoms with Crippen molar-refractivity contribution < 1.29 is 14.3 Å². The number of rotatable bonds is 3. The van der Waals surface area contributed by atoms with Crippen molar-refractivity contribution in [3.63, 3.8) is 0 Å². The minimum Gasteiger partial charge on any atom is -0.447 e. The first-order valence-electron chi connectivity index (χ1n) is 8.14. The number of amides is 1. The van der Waals surface area contributed by atoms with Crippen LogP contribution in [0.3, 0.4) is 0 Å². The van der Waals surface area contributed by atoms with E-state index in [0.717, 1.165) is 18.5 Å². The lowest BCUT2D eigenvalue weighted by atomic mass is 9.99. The zero-order chi connectivity index (χ0) is 17.3. The Morgan fingerprint density at radius 2 is 2.04 bits per heavy atom. The molecule has 0 N–H and O–H groups in total. The molecule has 24 heavy (non-hydrogen) atoms. The number of likely N-dealkylation sites (tertiary alicyclic amines) is 1. The van der Waals surface area contributed by atoms with Crippen LogP contribution >= 0.6 is 0 Å². The van der Waals surface area contributed by atoms with Crippen molar-refractivity contribution in [3.8, 4) is 0 Å². The molecule has 1 amide bonds. The summed E-state index contributed by atoms with van der Waals surface area (Å²) in [6.07, 6.45) is 2.70. The predicted molar refractivity (Wildman–Crippen MR) is 85.4 cm³/mol. The number of nitrogens with zero attached hydrogens (tertiary/aromatic N) is 5. The van der Waals surface area contributed by atoms with Gasteiger partial charge in [0.05, 0.1) is 0 Å². The van der Waals surface area contributed by atoms with Crippen LogP contribution in [0.2, 0.25) is 0 Å². The van der Waals surface area contributed by atoms with Gasteiger partial charge in [0.1, 0.15) is 0 Å². The molecule has 0 radical (unpaired) electrons. The van der Waals surface area contributed by atoms with Gasteiger partial charge in [-0.25, -0.2) is 14.3 Å². The maximum Gasteiger partial charge on any atom is 0.379 e. The van der Waals surface area contributed by atoms with Gasteiger partial charge in [0.25, 0.3) is 17.5 Å². The first-order chi connectivity index (χ1) is 11.5. The van der Waals surface area contributed by atoms with Gasteiger partial charge in [-0.3, -0.25) is 4.79 Å². The van der Waals surface area contributed by atoms with Crippen LogP contribution in [0.25, 0.3) is 5.78 Å². The number of aromatic nitrogens is 4. The van der Waals surface area contributed by atoms with Crippen molar-refractivity contribution in [2.45, 2.75) is 39.7 Å². The molecule has 2 aromatic heterocycles. The summed E-state index contributed by atoms with van der Waals surface area (Å²) in [6, 6.07) is 1.76. The lowest BCUT2D eigenvalue weighted by molar-refractivity contribution is -0.141. The minimum absolute atomic E-state index is 0.0938.